The zero-order valence-corrected chi connectivity index (χ0v) is 32.9. The lowest BCUT2D eigenvalue weighted by molar-refractivity contribution is -0.384. The first-order valence-corrected chi connectivity index (χ1v) is 18.4. The minimum atomic E-state index is -0.902. The molecule has 0 N–H and O–H groups in total. The van der Waals surface area contributed by atoms with Crippen LogP contribution in [0.2, 0.25) is 0 Å². The summed E-state index contributed by atoms with van der Waals surface area (Å²) >= 11 is 5.49. The molecule has 1 atom stereocenters. The van der Waals surface area contributed by atoms with E-state index in [4.69, 9.17) is 18.9 Å². The van der Waals surface area contributed by atoms with E-state index in [0.29, 0.717) is 43.4 Å². The molecule has 0 amide bonds. The minimum Gasteiger partial charge on any atom is -0.490 e. The maximum atomic E-state index is 14.2. The van der Waals surface area contributed by atoms with Gasteiger partial charge in [-0.1, -0.05) is 29.5 Å². The van der Waals surface area contributed by atoms with Crippen molar-refractivity contribution in [2.45, 2.75) is 33.4 Å². The fraction of sp³-hybridized carbons (Fsp3) is 0.257. The molecular weight excluding hydrogens is 908 g/mol. The van der Waals surface area contributed by atoms with Crippen LogP contribution in [0.4, 0.5) is 5.69 Å². The molecule has 1 aromatic heterocycles. The summed E-state index contributed by atoms with van der Waals surface area (Å²) in [7, 11) is 1.26. The zero-order valence-electron chi connectivity index (χ0n) is 27.8. The molecule has 0 aliphatic carbocycles. The molecule has 1 aliphatic heterocycles. The summed E-state index contributed by atoms with van der Waals surface area (Å²) in [6.45, 7) is 5.41. The first-order chi connectivity index (χ1) is 24.4. The van der Waals surface area contributed by atoms with E-state index in [1.807, 2.05) is 12.1 Å². The minimum absolute atomic E-state index is 0.0134. The lowest BCUT2D eigenvalue weighted by Crippen LogP contribution is -2.40. The van der Waals surface area contributed by atoms with Crippen LogP contribution in [0.3, 0.4) is 0 Å². The molecule has 13 nitrogen and oxygen atoms in total. The van der Waals surface area contributed by atoms with Gasteiger partial charge in [0, 0.05) is 12.1 Å². The third kappa shape index (κ3) is 8.61. The van der Waals surface area contributed by atoms with Gasteiger partial charge in [0.25, 0.3) is 11.2 Å². The average molecular weight is 940 g/mol. The molecule has 4 aromatic rings. The van der Waals surface area contributed by atoms with E-state index < -0.39 is 22.9 Å². The van der Waals surface area contributed by atoms with Crippen LogP contribution in [0.15, 0.2) is 75.7 Å². The summed E-state index contributed by atoms with van der Waals surface area (Å²) in [6, 6.07) is 14.1. The van der Waals surface area contributed by atoms with Crippen molar-refractivity contribution in [1.29, 1.82) is 0 Å². The molecule has 51 heavy (non-hydrogen) atoms. The summed E-state index contributed by atoms with van der Waals surface area (Å²) in [5.41, 5.74) is 2.17. The number of hydrogen-bond acceptors (Lipinski definition) is 12. The van der Waals surface area contributed by atoms with E-state index in [2.05, 4.69) is 54.9 Å². The van der Waals surface area contributed by atoms with Gasteiger partial charge in [0.1, 0.15) is 12.4 Å². The molecule has 2 heterocycles. The van der Waals surface area contributed by atoms with Crippen molar-refractivity contribution in [3.8, 4) is 17.2 Å². The number of nitro groups is 1. The Morgan fingerprint density at radius 3 is 2.43 bits per heavy atom. The van der Waals surface area contributed by atoms with E-state index in [9.17, 15) is 24.5 Å². The molecule has 0 unspecified atom stereocenters. The molecule has 0 saturated carbocycles. The summed E-state index contributed by atoms with van der Waals surface area (Å²) in [6.07, 6.45) is 1.76. The Bertz CT molecular complexity index is 2210. The van der Waals surface area contributed by atoms with Crippen molar-refractivity contribution in [2.24, 2.45) is 4.99 Å². The number of hydrogen-bond donors (Lipinski definition) is 0. The number of benzene rings is 3. The van der Waals surface area contributed by atoms with Crippen molar-refractivity contribution >= 4 is 80.2 Å². The fourth-order valence-corrected chi connectivity index (χ4v) is 8.43. The Balaban J connectivity index is 1.55. The quantitative estimate of drug-likeness (QED) is 0.0732. The molecule has 5 rings (SSSR count). The standard InChI is InChI=1S/C35H31I2N3O10S/c1-5-47-27-16-22(10-11-26(27)49-18-29(41)46-4)31-30(34(43)48-6-2)19(3)38-35-39(31)33(42)28(51-35)15-21-13-24(36)32(25(37)14-21)50-17-20-8-7-9-23(12-20)40(44)45/h7-16,31H,5-6,17-18H2,1-4H3/b28-15-/t31-/m1/s1. The number of nitro benzene ring substituents is 1. The summed E-state index contributed by atoms with van der Waals surface area (Å²) in [4.78, 5) is 55.1. The molecule has 16 heteroatoms. The Morgan fingerprint density at radius 2 is 1.76 bits per heavy atom. The number of methoxy groups -OCH3 is 1. The van der Waals surface area contributed by atoms with Gasteiger partial charge in [-0.25, -0.2) is 14.6 Å². The molecule has 0 radical (unpaired) electrons. The van der Waals surface area contributed by atoms with Crippen LogP contribution in [0.25, 0.3) is 6.08 Å². The highest BCUT2D eigenvalue weighted by atomic mass is 127. The van der Waals surface area contributed by atoms with Crippen LogP contribution in [-0.2, 0) is 25.7 Å². The number of carbonyl (C=O) groups excluding carboxylic acids is 2. The molecule has 0 fully saturated rings. The van der Waals surface area contributed by atoms with Gasteiger partial charge in [-0.15, -0.1) is 0 Å². The van der Waals surface area contributed by atoms with Crippen LogP contribution < -0.4 is 29.1 Å². The number of aromatic nitrogens is 1. The monoisotopic (exact) mass is 939 g/mol. The van der Waals surface area contributed by atoms with Crippen LogP contribution in [-0.4, -0.2) is 48.4 Å². The number of esters is 2. The summed E-state index contributed by atoms with van der Waals surface area (Å²) in [5.74, 6) is 0.0464. The second kappa shape index (κ2) is 16.8. The van der Waals surface area contributed by atoms with Gasteiger partial charge >= 0.3 is 11.9 Å². The maximum Gasteiger partial charge on any atom is 0.343 e. The molecular formula is C35H31I2N3O10S. The third-order valence-corrected chi connectivity index (χ3v) is 10.1. The predicted octanol–water partition coefficient (Wildman–Crippen LogP) is 5.45. The van der Waals surface area contributed by atoms with Crippen molar-refractivity contribution in [3.05, 3.63) is 120 Å². The first-order valence-electron chi connectivity index (χ1n) is 15.5. The van der Waals surface area contributed by atoms with Gasteiger partial charge in [0.2, 0.25) is 0 Å². The Labute approximate surface area is 323 Å². The Morgan fingerprint density at radius 1 is 1.02 bits per heavy atom. The number of allylic oxidation sites excluding steroid dienone is 1. The highest BCUT2D eigenvalue weighted by Crippen LogP contribution is 2.37. The zero-order chi connectivity index (χ0) is 36.8. The molecule has 266 valence electrons. The molecule has 0 spiro atoms. The van der Waals surface area contributed by atoms with Gasteiger partial charge in [0.15, 0.2) is 22.9 Å². The van der Waals surface area contributed by atoms with Crippen molar-refractivity contribution < 1.29 is 38.2 Å². The van der Waals surface area contributed by atoms with Crippen molar-refractivity contribution in [3.63, 3.8) is 0 Å². The smallest absolute Gasteiger partial charge is 0.343 e. The van der Waals surface area contributed by atoms with Gasteiger partial charge < -0.3 is 23.7 Å². The number of nitrogens with zero attached hydrogens (tertiary/aromatic N) is 3. The number of halogens is 2. The van der Waals surface area contributed by atoms with E-state index in [0.717, 1.165) is 12.7 Å². The Kier molecular flexibility index (Phi) is 12.5. The SMILES string of the molecule is CCOC(=O)C1=C(C)N=c2s/c(=C\c3cc(I)c(OCc4cccc([N+](=O)[O-])c4)c(I)c3)c(=O)n2[C@@H]1c1ccc(OCC(=O)OC)c(OCC)c1. The van der Waals surface area contributed by atoms with Gasteiger partial charge in [-0.3, -0.25) is 19.5 Å². The summed E-state index contributed by atoms with van der Waals surface area (Å²) < 4.78 is 31.0. The number of carbonyl (C=O) groups is 2. The van der Waals surface area contributed by atoms with E-state index in [1.54, 1.807) is 57.2 Å². The molecule has 0 saturated heterocycles. The van der Waals surface area contributed by atoms with Crippen LogP contribution in [0.5, 0.6) is 17.2 Å². The number of ether oxygens (including phenoxy) is 5. The van der Waals surface area contributed by atoms with Gasteiger partial charge in [-0.05, 0) is 113 Å². The number of fused-ring (bicyclic) bond motifs is 1. The topological polar surface area (TPSA) is 158 Å². The lowest BCUT2D eigenvalue weighted by Gasteiger charge is -2.25. The number of non-ortho nitro benzene ring substituents is 1. The van der Waals surface area contributed by atoms with E-state index in [-0.39, 0.29) is 43.2 Å². The van der Waals surface area contributed by atoms with Crippen LogP contribution in [0.1, 0.15) is 43.5 Å². The normalized spacial score (nSPS) is 14.0. The third-order valence-electron chi connectivity index (χ3n) is 7.50. The fourth-order valence-electron chi connectivity index (χ4n) is 5.25. The first kappa shape index (κ1) is 37.9. The Hall–Kier alpha value is -4.30. The maximum absolute atomic E-state index is 14.2. The molecule has 1 aliphatic rings. The van der Waals surface area contributed by atoms with Crippen LogP contribution in [0, 0.1) is 17.3 Å². The van der Waals surface area contributed by atoms with Gasteiger partial charge in [-0.2, -0.15) is 0 Å². The highest BCUT2D eigenvalue weighted by Gasteiger charge is 2.34. The molecule has 3 aromatic carbocycles. The highest BCUT2D eigenvalue weighted by molar-refractivity contribution is 14.1. The lowest BCUT2D eigenvalue weighted by atomic mass is 9.95. The summed E-state index contributed by atoms with van der Waals surface area (Å²) in [5, 5.41) is 11.2. The van der Waals surface area contributed by atoms with Crippen LogP contribution >= 0.6 is 56.5 Å². The number of thiazole rings is 1. The average Bonchev–Trinajstić information content (AvgIpc) is 3.40. The largest absolute Gasteiger partial charge is 0.490 e. The predicted molar refractivity (Wildman–Crippen MR) is 205 cm³/mol. The van der Waals surface area contributed by atoms with E-state index >= 15 is 0 Å². The van der Waals surface area contributed by atoms with Crippen molar-refractivity contribution in [1.82, 2.24) is 4.57 Å². The second-order valence-corrected chi connectivity index (χ2v) is 14.2. The second-order valence-electron chi connectivity index (χ2n) is 10.8. The van der Waals surface area contributed by atoms with Gasteiger partial charge in [0.05, 0.1) is 54.2 Å². The number of rotatable bonds is 13. The molecule has 0 bridgehead atoms. The van der Waals surface area contributed by atoms with E-state index in [1.165, 1.54) is 35.1 Å². The van der Waals surface area contributed by atoms with Crippen molar-refractivity contribution in [2.75, 3.05) is 26.9 Å².